The van der Waals surface area contributed by atoms with Gasteiger partial charge in [-0.3, -0.25) is 24.6 Å². The Labute approximate surface area is 193 Å². The van der Waals surface area contributed by atoms with Crippen LogP contribution in [0, 0.1) is 0 Å². The highest BCUT2D eigenvalue weighted by atomic mass is 35.5. The standard InChI is InChI=1S/C21H18Cl2N2O5S/c22-12-5-7-14(16(23)10-12)17-8-6-13(30-17)11-15-19(28)24-21(31)25(20(15)29)9-3-1-2-4-18(26)27/h5-8,10-11H,1-4,9H2,(H,26,27)(H,24,28,31). The Morgan fingerprint density at radius 1 is 1.16 bits per heavy atom. The lowest BCUT2D eigenvalue weighted by Crippen LogP contribution is -2.54. The summed E-state index contributed by atoms with van der Waals surface area (Å²) >= 11 is 17.2. The van der Waals surface area contributed by atoms with Gasteiger partial charge < -0.3 is 9.52 Å². The fraction of sp³-hybridized carbons (Fsp3) is 0.238. The van der Waals surface area contributed by atoms with Crippen LogP contribution in [0.5, 0.6) is 0 Å². The largest absolute Gasteiger partial charge is 0.481 e. The third-order valence-corrected chi connectivity index (χ3v) is 5.44. The average molecular weight is 481 g/mol. The summed E-state index contributed by atoms with van der Waals surface area (Å²) in [6, 6.07) is 8.28. The second-order valence-electron chi connectivity index (χ2n) is 6.80. The maximum atomic E-state index is 12.8. The van der Waals surface area contributed by atoms with Crippen molar-refractivity contribution in [1.29, 1.82) is 0 Å². The molecule has 1 saturated heterocycles. The van der Waals surface area contributed by atoms with Gasteiger partial charge in [-0.1, -0.05) is 29.6 Å². The predicted octanol–water partition coefficient (Wildman–Crippen LogP) is 4.53. The van der Waals surface area contributed by atoms with Gasteiger partial charge in [0.1, 0.15) is 17.1 Å². The number of halogens is 2. The number of nitrogens with zero attached hydrogens (tertiary/aromatic N) is 1. The van der Waals surface area contributed by atoms with Gasteiger partial charge in [0.15, 0.2) is 5.11 Å². The number of hydrogen-bond acceptors (Lipinski definition) is 5. The number of furan rings is 1. The lowest BCUT2D eigenvalue weighted by atomic mass is 10.1. The number of hydrogen-bond donors (Lipinski definition) is 2. The molecular weight excluding hydrogens is 463 g/mol. The number of nitrogens with one attached hydrogen (secondary N) is 1. The molecular formula is C21H18Cl2N2O5S. The van der Waals surface area contributed by atoms with Gasteiger partial charge in [0, 0.05) is 23.6 Å². The molecule has 0 aliphatic carbocycles. The highest BCUT2D eigenvalue weighted by Crippen LogP contribution is 2.32. The van der Waals surface area contributed by atoms with Gasteiger partial charge in [-0.25, -0.2) is 0 Å². The average Bonchev–Trinajstić information content (AvgIpc) is 3.15. The molecule has 10 heteroatoms. The van der Waals surface area contributed by atoms with Gasteiger partial charge in [0.2, 0.25) is 0 Å². The van der Waals surface area contributed by atoms with Crippen molar-refractivity contribution in [2.75, 3.05) is 6.54 Å². The Morgan fingerprint density at radius 3 is 2.65 bits per heavy atom. The van der Waals surface area contributed by atoms with Crippen LogP contribution in [-0.4, -0.2) is 39.4 Å². The number of carbonyl (C=O) groups is 3. The molecule has 1 aliphatic rings. The van der Waals surface area contributed by atoms with E-state index in [0.717, 1.165) is 0 Å². The van der Waals surface area contributed by atoms with Gasteiger partial charge in [-0.2, -0.15) is 0 Å². The molecule has 1 fully saturated rings. The molecule has 2 N–H and O–H groups in total. The van der Waals surface area contributed by atoms with Crippen LogP contribution in [0.15, 0.2) is 40.3 Å². The molecule has 2 aromatic rings. The first-order valence-electron chi connectivity index (χ1n) is 9.42. The highest BCUT2D eigenvalue weighted by molar-refractivity contribution is 7.80. The number of benzene rings is 1. The Hall–Kier alpha value is -2.68. The molecule has 0 unspecified atom stereocenters. The van der Waals surface area contributed by atoms with Crippen molar-refractivity contribution in [2.24, 2.45) is 0 Å². The van der Waals surface area contributed by atoms with Crippen LogP contribution < -0.4 is 5.32 Å². The lowest BCUT2D eigenvalue weighted by Gasteiger charge is -2.28. The molecule has 31 heavy (non-hydrogen) atoms. The fourth-order valence-corrected chi connectivity index (χ4v) is 3.80. The minimum Gasteiger partial charge on any atom is -0.481 e. The molecule has 3 rings (SSSR count). The smallest absolute Gasteiger partial charge is 0.303 e. The van der Waals surface area contributed by atoms with E-state index in [0.29, 0.717) is 46.4 Å². The van der Waals surface area contributed by atoms with E-state index in [2.05, 4.69) is 5.32 Å². The molecule has 7 nitrogen and oxygen atoms in total. The Balaban J connectivity index is 1.74. The summed E-state index contributed by atoms with van der Waals surface area (Å²) in [5.41, 5.74) is 0.515. The zero-order valence-electron chi connectivity index (χ0n) is 16.2. The predicted molar refractivity (Wildman–Crippen MR) is 121 cm³/mol. The number of thiocarbonyl (C=S) groups is 1. The first kappa shape index (κ1) is 23.0. The van der Waals surface area contributed by atoms with E-state index in [9.17, 15) is 14.4 Å². The second-order valence-corrected chi connectivity index (χ2v) is 8.03. The summed E-state index contributed by atoms with van der Waals surface area (Å²) in [4.78, 5) is 37.0. The zero-order valence-corrected chi connectivity index (χ0v) is 18.5. The van der Waals surface area contributed by atoms with Gasteiger partial charge >= 0.3 is 5.97 Å². The topological polar surface area (TPSA) is 99.8 Å². The Kier molecular flexibility index (Phi) is 7.48. The van der Waals surface area contributed by atoms with Crippen LogP contribution in [0.2, 0.25) is 10.0 Å². The summed E-state index contributed by atoms with van der Waals surface area (Å²) in [6.45, 7) is 0.276. The Morgan fingerprint density at radius 2 is 1.94 bits per heavy atom. The molecule has 0 spiro atoms. The van der Waals surface area contributed by atoms with Gasteiger partial charge in [-0.05, 0) is 61.5 Å². The summed E-state index contributed by atoms with van der Waals surface area (Å²) in [6.07, 6.45) is 3.10. The number of unbranched alkanes of at least 4 members (excludes halogenated alkanes) is 2. The summed E-state index contributed by atoms with van der Waals surface area (Å²) in [5.74, 6) is -1.24. The minimum atomic E-state index is -0.861. The van der Waals surface area contributed by atoms with Crippen LogP contribution in [0.1, 0.15) is 31.4 Å². The third-order valence-electron chi connectivity index (χ3n) is 4.57. The van der Waals surface area contributed by atoms with E-state index in [1.807, 2.05) is 0 Å². The number of carboxylic acid groups (broad SMARTS) is 1. The van der Waals surface area contributed by atoms with Gasteiger partial charge in [-0.15, -0.1) is 0 Å². The summed E-state index contributed by atoms with van der Waals surface area (Å²) < 4.78 is 5.74. The normalized spacial score (nSPS) is 15.5. The molecule has 0 bridgehead atoms. The van der Waals surface area contributed by atoms with Gasteiger partial charge in [0.25, 0.3) is 11.8 Å². The maximum absolute atomic E-state index is 12.8. The van der Waals surface area contributed by atoms with E-state index < -0.39 is 17.8 Å². The van der Waals surface area contributed by atoms with Crippen molar-refractivity contribution in [2.45, 2.75) is 25.7 Å². The quantitative estimate of drug-likeness (QED) is 0.249. The van der Waals surface area contributed by atoms with Crippen LogP contribution in [0.3, 0.4) is 0 Å². The number of carboxylic acids is 1. The van der Waals surface area contributed by atoms with E-state index in [-0.39, 0.29) is 23.7 Å². The highest BCUT2D eigenvalue weighted by Gasteiger charge is 2.33. The first-order chi connectivity index (χ1) is 14.8. The third kappa shape index (κ3) is 5.72. The van der Waals surface area contributed by atoms with E-state index >= 15 is 0 Å². The van der Waals surface area contributed by atoms with E-state index in [1.165, 1.54) is 11.0 Å². The first-order valence-corrected chi connectivity index (χ1v) is 10.6. The molecule has 0 atom stereocenters. The maximum Gasteiger partial charge on any atom is 0.303 e. The van der Waals surface area contributed by atoms with Gasteiger partial charge in [0.05, 0.1) is 5.02 Å². The van der Waals surface area contributed by atoms with Crippen molar-refractivity contribution in [1.82, 2.24) is 10.2 Å². The molecule has 0 radical (unpaired) electrons. The van der Waals surface area contributed by atoms with Crippen molar-refractivity contribution in [3.05, 3.63) is 51.7 Å². The van der Waals surface area contributed by atoms with Crippen molar-refractivity contribution < 1.29 is 23.9 Å². The van der Waals surface area contributed by atoms with Crippen LogP contribution in [0.25, 0.3) is 17.4 Å². The van der Waals surface area contributed by atoms with E-state index in [4.69, 9.17) is 44.9 Å². The summed E-state index contributed by atoms with van der Waals surface area (Å²) in [5, 5.41) is 12.1. The second kappa shape index (κ2) is 10.1. The monoisotopic (exact) mass is 480 g/mol. The van der Waals surface area contributed by atoms with Crippen LogP contribution >= 0.6 is 35.4 Å². The molecule has 1 aromatic carbocycles. The molecule has 0 saturated carbocycles. The van der Waals surface area contributed by atoms with Crippen molar-refractivity contribution in [3.8, 4) is 11.3 Å². The zero-order chi connectivity index (χ0) is 22.5. The number of aliphatic carboxylic acids is 1. The number of rotatable bonds is 8. The summed E-state index contributed by atoms with van der Waals surface area (Å²) in [7, 11) is 0. The van der Waals surface area contributed by atoms with Crippen molar-refractivity contribution in [3.63, 3.8) is 0 Å². The molecule has 1 aliphatic heterocycles. The fourth-order valence-electron chi connectivity index (χ4n) is 3.03. The SMILES string of the molecule is O=C(O)CCCCCN1C(=O)C(=Cc2ccc(-c3ccc(Cl)cc3Cl)o2)C(=O)NC1=S. The minimum absolute atomic E-state index is 0.0264. The molecule has 162 valence electrons. The van der Waals surface area contributed by atoms with Crippen LogP contribution in [0.4, 0.5) is 0 Å². The molecule has 2 amide bonds. The Bertz CT molecular complexity index is 1080. The molecule has 2 heterocycles. The molecule has 1 aromatic heterocycles. The van der Waals surface area contributed by atoms with Crippen molar-refractivity contribution >= 4 is 64.4 Å². The number of carbonyl (C=O) groups excluding carboxylic acids is 2. The van der Waals surface area contributed by atoms with Crippen LogP contribution in [-0.2, 0) is 14.4 Å². The van der Waals surface area contributed by atoms with E-state index in [1.54, 1.807) is 30.3 Å². The number of amides is 2. The lowest BCUT2D eigenvalue weighted by molar-refractivity contribution is -0.137.